The summed E-state index contributed by atoms with van der Waals surface area (Å²) in [5.41, 5.74) is 4.04. The normalized spacial score (nSPS) is 13.8. The van der Waals surface area contributed by atoms with Crippen molar-refractivity contribution in [1.29, 1.82) is 0 Å². The second kappa shape index (κ2) is 16.1. The van der Waals surface area contributed by atoms with E-state index in [1.54, 1.807) is 0 Å². The van der Waals surface area contributed by atoms with Crippen molar-refractivity contribution in [3.63, 3.8) is 0 Å². The highest BCUT2D eigenvalue weighted by Crippen LogP contribution is 2.32. The molecule has 38 heavy (non-hydrogen) atoms. The quantitative estimate of drug-likeness (QED) is 0.302. The Kier molecular flexibility index (Phi) is 12.6. The molecule has 1 fully saturated rings. The van der Waals surface area contributed by atoms with Gasteiger partial charge in [0.05, 0.1) is 0 Å². The fourth-order valence-corrected chi connectivity index (χ4v) is 4.82. The molecule has 7 heteroatoms. The molecule has 1 heterocycles. The SMILES string of the molecule is CCCCCCCC(=O)N(C)Cc1cccc(-c2ccc(CCC(=O)O)cc2OCCN2CCNCC2)c1. The number of benzene rings is 2. The topological polar surface area (TPSA) is 82.1 Å². The Balaban J connectivity index is 1.68. The molecular formula is C31H45N3O4. The summed E-state index contributed by atoms with van der Waals surface area (Å²) in [7, 11) is 1.88. The van der Waals surface area contributed by atoms with Crippen LogP contribution in [0.2, 0.25) is 0 Å². The van der Waals surface area contributed by atoms with E-state index in [0.717, 1.165) is 73.6 Å². The molecule has 0 radical (unpaired) electrons. The van der Waals surface area contributed by atoms with E-state index in [1.165, 1.54) is 19.3 Å². The number of carbonyl (C=O) groups is 2. The zero-order valence-electron chi connectivity index (χ0n) is 23.2. The number of carboxylic acid groups (broad SMARTS) is 1. The Morgan fingerprint density at radius 2 is 1.79 bits per heavy atom. The molecule has 2 aromatic rings. The monoisotopic (exact) mass is 523 g/mol. The van der Waals surface area contributed by atoms with E-state index in [2.05, 4.69) is 35.3 Å². The van der Waals surface area contributed by atoms with Gasteiger partial charge in [-0.25, -0.2) is 0 Å². The third-order valence-electron chi connectivity index (χ3n) is 7.13. The van der Waals surface area contributed by atoms with Crippen LogP contribution in [0.5, 0.6) is 5.75 Å². The highest BCUT2D eigenvalue weighted by molar-refractivity contribution is 5.76. The summed E-state index contributed by atoms with van der Waals surface area (Å²) >= 11 is 0. The summed E-state index contributed by atoms with van der Waals surface area (Å²) in [5.74, 6) is 0.158. The molecule has 1 saturated heterocycles. The number of nitrogens with one attached hydrogen (secondary N) is 1. The average Bonchev–Trinajstić information content (AvgIpc) is 2.92. The van der Waals surface area contributed by atoms with Crippen molar-refractivity contribution in [3.05, 3.63) is 53.6 Å². The highest BCUT2D eigenvalue weighted by Gasteiger charge is 2.14. The third-order valence-corrected chi connectivity index (χ3v) is 7.13. The Hall–Kier alpha value is -2.90. The highest BCUT2D eigenvalue weighted by atomic mass is 16.5. The lowest BCUT2D eigenvalue weighted by atomic mass is 9.99. The molecular weight excluding hydrogens is 478 g/mol. The molecule has 1 aliphatic heterocycles. The van der Waals surface area contributed by atoms with Crippen LogP contribution in [0.3, 0.4) is 0 Å². The van der Waals surface area contributed by atoms with Crippen LogP contribution < -0.4 is 10.1 Å². The Labute approximate surface area is 228 Å². The maximum absolute atomic E-state index is 12.6. The van der Waals surface area contributed by atoms with Crippen molar-refractivity contribution >= 4 is 11.9 Å². The van der Waals surface area contributed by atoms with Crippen LogP contribution in [0, 0.1) is 0 Å². The predicted molar refractivity (Wildman–Crippen MR) is 152 cm³/mol. The van der Waals surface area contributed by atoms with Crippen molar-refractivity contribution in [2.24, 2.45) is 0 Å². The van der Waals surface area contributed by atoms with Gasteiger partial charge in [-0.3, -0.25) is 14.5 Å². The van der Waals surface area contributed by atoms with Crippen LogP contribution in [0.1, 0.15) is 63.0 Å². The molecule has 2 aromatic carbocycles. The smallest absolute Gasteiger partial charge is 0.303 e. The lowest BCUT2D eigenvalue weighted by molar-refractivity contribution is -0.137. The van der Waals surface area contributed by atoms with E-state index in [0.29, 0.717) is 26.0 Å². The van der Waals surface area contributed by atoms with E-state index in [-0.39, 0.29) is 12.3 Å². The number of piperazine rings is 1. The molecule has 0 unspecified atom stereocenters. The van der Waals surface area contributed by atoms with Gasteiger partial charge in [0.2, 0.25) is 5.91 Å². The standard InChI is InChI=1S/C31H45N3O4/c1-3-4-5-6-7-11-30(35)33(2)24-26-9-8-10-27(22-26)28-14-12-25(13-15-31(36)37)23-29(28)38-21-20-34-18-16-32-17-19-34/h8-10,12,14,22-23,32H,3-7,11,13,15-21,24H2,1-2H3,(H,36,37). The molecule has 0 bridgehead atoms. The van der Waals surface area contributed by atoms with Crippen LogP contribution in [-0.4, -0.2) is 73.2 Å². The summed E-state index contributed by atoms with van der Waals surface area (Å²) in [6.07, 6.45) is 6.86. The van der Waals surface area contributed by atoms with Gasteiger partial charge in [0, 0.05) is 64.7 Å². The van der Waals surface area contributed by atoms with Gasteiger partial charge < -0.3 is 20.1 Å². The van der Waals surface area contributed by atoms with Gasteiger partial charge in [-0.15, -0.1) is 0 Å². The minimum Gasteiger partial charge on any atom is -0.492 e. The zero-order chi connectivity index (χ0) is 27.2. The van der Waals surface area contributed by atoms with Gasteiger partial charge in [-0.05, 0) is 41.7 Å². The maximum Gasteiger partial charge on any atom is 0.303 e. The van der Waals surface area contributed by atoms with Crippen molar-refractivity contribution in [2.75, 3.05) is 46.4 Å². The van der Waals surface area contributed by atoms with E-state index in [4.69, 9.17) is 9.84 Å². The molecule has 208 valence electrons. The minimum atomic E-state index is -0.803. The number of unbranched alkanes of at least 4 members (excludes halogenated alkanes) is 4. The summed E-state index contributed by atoms with van der Waals surface area (Å²) in [6, 6.07) is 14.3. The number of ether oxygens (including phenoxy) is 1. The predicted octanol–water partition coefficient (Wildman–Crippen LogP) is 4.97. The zero-order valence-corrected chi connectivity index (χ0v) is 23.2. The number of carbonyl (C=O) groups excluding carboxylic acids is 1. The first-order valence-corrected chi connectivity index (χ1v) is 14.2. The summed E-state index contributed by atoms with van der Waals surface area (Å²) in [4.78, 5) is 27.9. The fraction of sp³-hybridized carbons (Fsp3) is 0.548. The molecule has 0 saturated carbocycles. The molecule has 3 rings (SSSR count). The number of nitrogens with zero attached hydrogens (tertiary/aromatic N) is 2. The average molecular weight is 524 g/mol. The number of aryl methyl sites for hydroxylation is 1. The van der Waals surface area contributed by atoms with E-state index in [1.807, 2.05) is 36.2 Å². The third kappa shape index (κ3) is 10.1. The molecule has 0 spiro atoms. The van der Waals surface area contributed by atoms with Crippen LogP contribution in [0.15, 0.2) is 42.5 Å². The minimum absolute atomic E-state index is 0.0913. The van der Waals surface area contributed by atoms with E-state index in [9.17, 15) is 9.59 Å². The first-order valence-electron chi connectivity index (χ1n) is 14.2. The number of rotatable bonds is 16. The van der Waals surface area contributed by atoms with Gasteiger partial charge in [0.15, 0.2) is 0 Å². The van der Waals surface area contributed by atoms with Crippen molar-refractivity contribution in [3.8, 4) is 16.9 Å². The van der Waals surface area contributed by atoms with Gasteiger partial charge in [-0.1, -0.05) is 62.9 Å². The van der Waals surface area contributed by atoms with Crippen molar-refractivity contribution in [1.82, 2.24) is 15.1 Å². The molecule has 0 aliphatic carbocycles. The van der Waals surface area contributed by atoms with Crippen LogP contribution in [-0.2, 0) is 22.6 Å². The number of carboxylic acids is 1. The largest absolute Gasteiger partial charge is 0.492 e. The molecule has 2 N–H and O–H groups in total. The van der Waals surface area contributed by atoms with E-state index < -0.39 is 5.97 Å². The Morgan fingerprint density at radius 3 is 2.55 bits per heavy atom. The fourth-order valence-electron chi connectivity index (χ4n) is 4.82. The van der Waals surface area contributed by atoms with E-state index >= 15 is 0 Å². The Bertz CT molecular complexity index is 1020. The molecule has 1 amide bonds. The van der Waals surface area contributed by atoms with Gasteiger partial charge in [0.25, 0.3) is 0 Å². The van der Waals surface area contributed by atoms with Crippen molar-refractivity contribution < 1.29 is 19.4 Å². The van der Waals surface area contributed by atoms with Gasteiger partial charge >= 0.3 is 5.97 Å². The summed E-state index contributed by atoms with van der Waals surface area (Å²) in [6.45, 7) is 8.22. The van der Waals surface area contributed by atoms with Crippen LogP contribution in [0.25, 0.3) is 11.1 Å². The lowest BCUT2D eigenvalue weighted by Crippen LogP contribution is -2.44. The molecule has 1 aliphatic rings. The maximum atomic E-state index is 12.6. The van der Waals surface area contributed by atoms with Crippen molar-refractivity contribution in [2.45, 2.75) is 64.8 Å². The number of hydrogen-bond acceptors (Lipinski definition) is 5. The molecule has 0 aromatic heterocycles. The van der Waals surface area contributed by atoms with Gasteiger partial charge in [-0.2, -0.15) is 0 Å². The molecule has 7 nitrogen and oxygen atoms in total. The molecule has 0 atom stereocenters. The second-order valence-corrected chi connectivity index (χ2v) is 10.3. The Morgan fingerprint density at radius 1 is 1.00 bits per heavy atom. The summed E-state index contributed by atoms with van der Waals surface area (Å²) < 4.78 is 6.30. The second-order valence-electron chi connectivity index (χ2n) is 10.3. The number of hydrogen-bond donors (Lipinski definition) is 2. The summed E-state index contributed by atoms with van der Waals surface area (Å²) in [5, 5.41) is 12.5. The number of aliphatic carboxylic acids is 1. The van der Waals surface area contributed by atoms with Crippen LogP contribution in [0.4, 0.5) is 0 Å². The van der Waals surface area contributed by atoms with Gasteiger partial charge in [0.1, 0.15) is 12.4 Å². The number of amides is 1. The first-order chi connectivity index (χ1) is 18.5. The van der Waals surface area contributed by atoms with Crippen LogP contribution >= 0.6 is 0 Å². The first kappa shape index (κ1) is 29.7. The lowest BCUT2D eigenvalue weighted by Gasteiger charge is -2.27.